The standard InChI is InChI=1S/C25H33N5O2/c1-2-26-25(30-13-10-21-7-3-4-9-23(21)30)27-19-20-6-5-8-22(18-20)28-24(31)11-12-29-14-16-32-17-15-29/h3-9,18H,2,10-17,19H2,1H3,(H,26,27)(H,28,31). The SMILES string of the molecule is CCNC(=NCc1cccc(NC(=O)CCN2CCOCC2)c1)N1CCc2ccccc21. The molecule has 0 unspecified atom stereocenters. The molecule has 0 atom stereocenters. The van der Waals surface area contributed by atoms with Gasteiger partial charge in [-0.05, 0) is 42.7 Å². The van der Waals surface area contributed by atoms with Crippen LogP contribution in [-0.4, -0.2) is 62.7 Å². The van der Waals surface area contributed by atoms with E-state index >= 15 is 0 Å². The van der Waals surface area contributed by atoms with Gasteiger partial charge in [0.2, 0.25) is 5.91 Å². The van der Waals surface area contributed by atoms with Crippen LogP contribution in [0.15, 0.2) is 53.5 Å². The monoisotopic (exact) mass is 435 g/mol. The Morgan fingerprint density at radius 2 is 1.94 bits per heavy atom. The highest BCUT2D eigenvalue weighted by molar-refractivity contribution is 5.98. The second-order valence-electron chi connectivity index (χ2n) is 8.15. The van der Waals surface area contributed by atoms with Gasteiger partial charge in [0.05, 0.1) is 19.8 Å². The smallest absolute Gasteiger partial charge is 0.225 e. The number of nitrogens with zero attached hydrogens (tertiary/aromatic N) is 3. The third-order valence-electron chi connectivity index (χ3n) is 5.86. The molecule has 1 saturated heterocycles. The third-order valence-corrected chi connectivity index (χ3v) is 5.86. The number of ether oxygens (including phenoxy) is 1. The Bertz CT molecular complexity index is 939. The molecule has 2 aromatic rings. The van der Waals surface area contributed by atoms with Gasteiger partial charge in [0, 0.05) is 50.5 Å². The molecule has 7 heteroatoms. The van der Waals surface area contributed by atoms with Gasteiger partial charge in [-0.1, -0.05) is 30.3 Å². The zero-order valence-corrected chi connectivity index (χ0v) is 18.8. The molecule has 2 heterocycles. The first kappa shape index (κ1) is 22.3. The van der Waals surface area contributed by atoms with Crippen molar-refractivity contribution in [3.05, 3.63) is 59.7 Å². The fourth-order valence-electron chi connectivity index (χ4n) is 4.17. The molecule has 0 aliphatic carbocycles. The molecule has 2 aliphatic rings. The van der Waals surface area contributed by atoms with Gasteiger partial charge in [0.15, 0.2) is 5.96 Å². The Morgan fingerprint density at radius 3 is 2.78 bits per heavy atom. The van der Waals surface area contributed by atoms with Crippen molar-refractivity contribution in [3.63, 3.8) is 0 Å². The van der Waals surface area contributed by atoms with Gasteiger partial charge in [0.1, 0.15) is 0 Å². The number of rotatable bonds is 7. The molecule has 0 spiro atoms. The molecule has 1 fully saturated rings. The Hall–Kier alpha value is -2.90. The molecule has 0 bridgehead atoms. The second-order valence-corrected chi connectivity index (χ2v) is 8.15. The summed E-state index contributed by atoms with van der Waals surface area (Å²) in [6, 6.07) is 16.5. The normalized spacial score (nSPS) is 16.7. The molecule has 0 saturated carbocycles. The van der Waals surface area contributed by atoms with Gasteiger partial charge in [-0.15, -0.1) is 0 Å². The van der Waals surface area contributed by atoms with Crippen LogP contribution in [0.25, 0.3) is 0 Å². The number of hydrogen-bond donors (Lipinski definition) is 2. The van der Waals surface area contributed by atoms with Crippen LogP contribution in [0.1, 0.15) is 24.5 Å². The molecule has 170 valence electrons. The van der Waals surface area contributed by atoms with Crippen molar-refractivity contribution in [2.24, 2.45) is 4.99 Å². The third kappa shape index (κ3) is 5.87. The topological polar surface area (TPSA) is 69.2 Å². The molecule has 7 nitrogen and oxygen atoms in total. The number of aliphatic imine (C=N–C) groups is 1. The molecule has 2 aromatic carbocycles. The quantitative estimate of drug-likeness (QED) is 0.517. The molecular formula is C25H33N5O2. The number of anilines is 2. The number of fused-ring (bicyclic) bond motifs is 1. The summed E-state index contributed by atoms with van der Waals surface area (Å²) in [6.07, 6.45) is 1.52. The summed E-state index contributed by atoms with van der Waals surface area (Å²) >= 11 is 0. The van der Waals surface area contributed by atoms with Gasteiger partial charge >= 0.3 is 0 Å². The summed E-state index contributed by atoms with van der Waals surface area (Å²) in [7, 11) is 0. The maximum absolute atomic E-state index is 12.4. The zero-order chi connectivity index (χ0) is 22.2. The van der Waals surface area contributed by atoms with Crippen molar-refractivity contribution in [1.82, 2.24) is 10.2 Å². The number of guanidine groups is 1. The highest BCUT2D eigenvalue weighted by Gasteiger charge is 2.22. The van der Waals surface area contributed by atoms with E-state index in [1.807, 2.05) is 24.3 Å². The maximum atomic E-state index is 12.4. The van der Waals surface area contributed by atoms with Crippen LogP contribution in [0.2, 0.25) is 0 Å². The van der Waals surface area contributed by atoms with Crippen LogP contribution in [-0.2, 0) is 22.5 Å². The lowest BCUT2D eigenvalue weighted by molar-refractivity contribution is -0.116. The minimum Gasteiger partial charge on any atom is -0.379 e. The van der Waals surface area contributed by atoms with E-state index in [9.17, 15) is 4.79 Å². The first-order valence-corrected chi connectivity index (χ1v) is 11.6. The molecule has 2 aliphatic heterocycles. The van der Waals surface area contributed by atoms with Gasteiger partial charge in [-0.3, -0.25) is 9.69 Å². The van der Waals surface area contributed by atoms with E-state index in [1.165, 1.54) is 11.3 Å². The van der Waals surface area contributed by atoms with E-state index in [0.717, 1.165) is 69.6 Å². The van der Waals surface area contributed by atoms with Crippen molar-refractivity contribution in [3.8, 4) is 0 Å². The van der Waals surface area contributed by atoms with E-state index in [1.54, 1.807) is 0 Å². The van der Waals surface area contributed by atoms with Crippen molar-refractivity contribution >= 4 is 23.2 Å². The first-order valence-electron chi connectivity index (χ1n) is 11.6. The predicted octanol–water partition coefficient (Wildman–Crippen LogP) is 2.88. The average Bonchev–Trinajstić information content (AvgIpc) is 3.25. The van der Waals surface area contributed by atoms with Gasteiger partial charge < -0.3 is 20.3 Å². The van der Waals surface area contributed by atoms with Gasteiger partial charge in [0.25, 0.3) is 0 Å². The highest BCUT2D eigenvalue weighted by atomic mass is 16.5. The summed E-state index contributed by atoms with van der Waals surface area (Å²) in [5.41, 5.74) is 4.48. The number of para-hydroxylation sites is 1. The predicted molar refractivity (Wildman–Crippen MR) is 129 cm³/mol. The molecule has 2 N–H and O–H groups in total. The fraction of sp³-hybridized carbons (Fsp3) is 0.440. The minimum atomic E-state index is 0.0409. The van der Waals surface area contributed by atoms with E-state index in [2.05, 4.69) is 51.6 Å². The Kier molecular flexibility index (Phi) is 7.74. The molecule has 1 amide bonds. The van der Waals surface area contributed by atoms with Crippen molar-refractivity contribution in [2.45, 2.75) is 26.3 Å². The van der Waals surface area contributed by atoms with E-state index in [4.69, 9.17) is 9.73 Å². The largest absolute Gasteiger partial charge is 0.379 e. The number of carbonyl (C=O) groups excluding carboxylic acids is 1. The highest BCUT2D eigenvalue weighted by Crippen LogP contribution is 2.27. The lowest BCUT2D eigenvalue weighted by atomic mass is 10.2. The lowest BCUT2D eigenvalue weighted by Gasteiger charge is -2.26. The van der Waals surface area contributed by atoms with E-state index in [0.29, 0.717) is 13.0 Å². The average molecular weight is 436 g/mol. The molecule has 4 rings (SSSR count). The molecule has 0 radical (unpaired) electrons. The van der Waals surface area contributed by atoms with Crippen LogP contribution in [0.4, 0.5) is 11.4 Å². The van der Waals surface area contributed by atoms with Crippen LogP contribution in [0.3, 0.4) is 0 Å². The minimum absolute atomic E-state index is 0.0409. The van der Waals surface area contributed by atoms with Crippen LogP contribution >= 0.6 is 0 Å². The number of benzene rings is 2. The Labute approximate surface area is 190 Å². The molecule has 32 heavy (non-hydrogen) atoms. The maximum Gasteiger partial charge on any atom is 0.225 e. The number of morpholine rings is 1. The van der Waals surface area contributed by atoms with Gasteiger partial charge in [-0.2, -0.15) is 0 Å². The molecule has 0 aromatic heterocycles. The summed E-state index contributed by atoms with van der Waals surface area (Å²) in [5.74, 6) is 0.941. The summed E-state index contributed by atoms with van der Waals surface area (Å²) in [4.78, 5) is 21.8. The Morgan fingerprint density at radius 1 is 1.09 bits per heavy atom. The number of carbonyl (C=O) groups is 1. The van der Waals surface area contributed by atoms with Crippen LogP contribution in [0, 0.1) is 0 Å². The number of nitrogens with one attached hydrogen (secondary N) is 2. The van der Waals surface area contributed by atoms with Crippen LogP contribution in [0.5, 0.6) is 0 Å². The fourth-order valence-corrected chi connectivity index (χ4v) is 4.17. The molecular weight excluding hydrogens is 402 g/mol. The summed E-state index contributed by atoms with van der Waals surface area (Å²) in [6.45, 7) is 8.46. The lowest BCUT2D eigenvalue weighted by Crippen LogP contribution is -2.40. The van der Waals surface area contributed by atoms with E-state index in [-0.39, 0.29) is 5.91 Å². The number of hydrogen-bond acceptors (Lipinski definition) is 4. The summed E-state index contributed by atoms with van der Waals surface area (Å²) < 4.78 is 5.36. The zero-order valence-electron chi connectivity index (χ0n) is 18.8. The van der Waals surface area contributed by atoms with Crippen molar-refractivity contribution < 1.29 is 9.53 Å². The number of amides is 1. The van der Waals surface area contributed by atoms with Gasteiger partial charge in [-0.25, -0.2) is 4.99 Å². The van der Waals surface area contributed by atoms with E-state index < -0.39 is 0 Å². The first-order chi connectivity index (χ1) is 15.7. The second kappa shape index (κ2) is 11.1. The van der Waals surface area contributed by atoms with Crippen molar-refractivity contribution in [1.29, 1.82) is 0 Å². The summed E-state index contributed by atoms with van der Waals surface area (Å²) in [5, 5.41) is 6.45. The van der Waals surface area contributed by atoms with Crippen molar-refractivity contribution in [2.75, 3.05) is 56.2 Å². The Balaban J connectivity index is 1.36. The van der Waals surface area contributed by atoms with Crippen LogP contribution < -0.4 is 15.5 Å².